The zero-order valence-electron chi connectivity index (χ0n) is 13.2. The van der Waals surface area contributed by atoms with Gasteiger partial charge in [-0.3, -0.25) is 4.79 Å². The van der Waals surface area contributed by atoms with Gasteiger partial charge in [0, 0.05) is 16.3 Å². The summed E-state index contributed by atoms with van der Waals surface area (Å²) in [6.07, 6.45) is 0. The molecule has 0 bridgehead atoms. The lowest BCUT2D eigenvalue weighted by molar-refractivity contribution is -0.885. The standard InChI is InChI=1S/C18H21ClN2O/c1-13-7-6-10-17(14(13)2)20-18(22)12-21(3)11-15-8-4-5-9-16(15)19/h4-10H,11-12H2,1-3H3,(H,20,22)/p+1. The molecule has 22 heavy (non-hydrogen) atoms. The highest BCUT2D eigenvalue weighted by atomic mass is 35.5. The van der Waals surface area contributed by atoms with E-state index in [0.717, 1.165) is 33.3 Å². The number of benzene rings is 2. The van der Waals surface area contributed by atoms with Gasteiger partial charge < -0.3 is 10.2 Å². The molecule has 1 amide bonds. The Balaban J connectivity index is 1.94. The summed E-state index contributed by atoms with van der Waals surface area (Å²) in [5.74, 6) is 0.0123. The summed E-state index contributed by atoms with van der Waals surface area (Å²) in [6.45, 7) is 5.18. The van der Waals surface area contributed by atoms with Crippen molar-refractivity contribution in [2.75, 3.05) is 18.9 Å². The van der Waals surface area contributed by atoms with Crippen LogP contribution in [0.25, 0.3) is 0 Å². The second kappa shape index (κ2) is 7.43. The molecule has 3 nitrogen and oxygen atoms in total. The molecule has 0 saturated heterocycles. The molecule has 1 unspecified atom stereocenters. The maximum atomic E-state index is 12.2. The first kappa shape index (κ1) is 16.5. The van der Waals surface area contributed by atoms with Crippen LogP contribution in [0.15, 0.2) is 42.5 Å². The lowest BCUT2D eigenvalue weighted by Gasteiger charge is -2.15. The van der Waals surface area contributed by atoms with E-state index < -0.39 is 0 Å². The van der Waals surface area contributed by atoms with E-state index in [1.165, 1.54) is 5.56 Å². The molecule has 2 N–H and O–H groups in total. The predicted octanol–water partition coefficient (Wildman–Crippen LogP) is 2.61. The Hall–Kier alpha value is -1.84. The fraction of sp³-hybridized carbons (Fsp3) is 0.278. The van der Waals surface area contributed by atoms with Crippen LogP contribution < -0.4 is 10.2 Å². The van der Waals surface area contributed by atoms with Gasteiger partial charge >= 0.3 is 0 Å². The minimum Gasteiger partial charge on any atom is -0.326 e. The van der Waals surface area contributed by atoms with Crippen molar-refractivity contribution >= 4 is 23.2 Å². The van der Waals surface area contributed by atoms with Crippen molar-refractivity contribution in [2.45, 2.75) is 20.4 Å². The van der Waals surface area contributed by atoms with Crippen molar-refractivity contribution in [1.82, 2.24) is 0 Å². The molecule has 2 aromatic rings. The molecular weight excluding hydrogens is 296 g/mol. The van der Waals surface area contributed by atoms with Gasteiger partial charge in [0.15, 0.2) is 6.54 Å². The van der Waals surface area contributed by atoms with Crippen LogP contribution in [0.1, 0.15) is 16.7 Å². The van der Waals surface area contributed by atoms with E-state index in [2.05, 4.69) is 5.32 Å². The van der Waals surface area contributed by atoms with Gasteiger partial charge in [0.2, 0.25) is 0 Å². The van der Waals surface area contributed by atoms with E-state index in [1.807, 2.05) is 63.4 Å². The quantitative estimate of drug-likeness (QED) is 0.873. The molecule has 0 heterocycles. The van der Waals surface area contributed by atoms with E-state index in [0.29, 0.717) is 6.54 Å². The lowest BCUT2D eigenvalue weighted by Crippen LogP contribution is -3.08. The first-order valence-corrected chi connectivity index (χ1v) is 7.76. The fourth-order valence-electron chi connectivity index (χ4n) is 2.38. The molecule has 0 spiro atoms. The zero-order chi connectivity index (χ0) is 16.1. The molecule has 0 aliphatic heterocycles. The van der Waals surface area contributed by atoms with Gasteiger partial charge in [-0.15, -0.1) is 0 Å². The number of carbonyl (C=O) groups is 1. The molecule has 0 fully saturated rings. The van der Waals surface area contributed by atoms with Crippen LogP contribution in [-0.2, 0) is 11.3 Å². The number of hydrogen-bond donors (Lipinski definition) is 2. The number of hydrogen-bond acceptors (Lipinski definition) is 1. The van der Waals surface area contributed by atoms with Gasteiger partial charge in [0.05, 0.1) is 7.05 Å². The van der Waals surface area contributed by atoms with Crippen molar-refractivity contribution < 1.29 is 9.69 Å². The Bertz CT molecular complexity index is 670. The van der Waals surface area contributed by atoms with E-state index >= 15 is 0 Å². The minimum absolute atomic E-state index is 0.0123. The Morgan fingerprint density at radius 2 is 1.86 bits per heavy atom. The summed E-state index contributed by atoms with van der Waals surface area (Å²) in [7, 11) is 1.99. The Morgan fingerprint density at radius 1 is 1.14 bits per heavy atom. The molecule has 0 aliphatic rings. The van der Waals surface area contributed by atoms with E-state index in [4.69, 9.17) is 11.6 Å². The van der Waals surface area contributed by atoms with Gasteiger partial charge in [0.25, 0.3) is 5.91 Å². The lowest BCUT2D eigenvalue weighted by atomic mass is 10.1. The second-order valence-electron chi connectivity index (χ2n) is 5.70. The Kier molecular flexibility index (Phi) is 5.58. The van der Waals surface area contributed by atoms with E-state index in [9.17, 15) is 4.79 Å². The molecular formula is C18H22ClN2O+. The summed E-state index contributed by atoms with van der Waals surface area (Å²) in [6, 6.07) is 13.7. The number of aryl methyl sites for hydroxylation is 1. The van der Waals surface area contributed by atoms with Gasteiger partial charge in [-0.1, -0.05) is 41.9 Å². The van der Waals surface area contributed by atoms with Gasteiger partial charge in [-0.05, 0) is 37.1 Å². The SMILES string of the molecule is Cc1cccc(NC(=O)C[NH+](C)Cc2ccccc2Cl)c1C. The van der Waals surface area contributed by atoms with Crippen molar-refractivity contribution in [3.05, 3.63) is 64.2 Å². The fourth-order valence-corrected chi connectivity index (χ4v) is 2.59. The van der Waals surface area contributed by atoms with Crippen molar-refractivity contribution in [3.8, 4) is 0 Å². The number of anilines is 1. The average Bonchev–Trinajstić information content (AvgIpc) is 2.46. The van der Waals surface area contributed by atoms with Gasteiger partial charge in [-0.25, -0.2) is 0 Å². The first-order chi connectivity index (χ1) is 10.5. The molecule has 116 valence electrons. The smallest absolute Gasteiger partial charge is 0.279 e. The van der Waals surface area contributed by atoms with Crippen LogP contribution in [0, 0.1) is 13.8 Å². The molecule has 2 rings (SSSR count). The summed E-state index contributed by atoms with van der Waals surface area (Å²) in [5.41, 5.74) is 4.23. The number of amides is 1. The largest absolute Gasteiger partial charge is 0.326 e. The zero-order valence-corrected chi connectivity index (χ0v) is 14.0. The number of halogens is 1. The maximum absolute atomic E-state index is 12.2. The van der Waals surface area contributed by atoms with Crippen LogP contribution in [-0.4, -0.2) is 19.5 Å². The van der Waals surface area contributed by atoms with Gasteiger partial charge in [0.1, 0.15) is 6.54 Å². The predicted molar refractivity (Wildman–Crippen MR) is 91.5 cm³/mol. The van der Waals surface area contributed by atoms with Crippen LogP contribution in [0.5, 0.6) is 0 Å². The second-order valence-corrected chi connectivity index (χ2v) is 6.10. The Morgan fingerprint density at radius 3 is 2.59 bits per heavy atom. The monoisotopic (exact) mass is 317 g/mol. The highest BCUT2D eigenvalue weighted by molar-refractivity contribution is 6.31. The Labute approximate surface area is 136 Å². The first-order valence-electron chi connectivity index (χ1n) is 7.38. The summed E-state index contributed by atoms with van der Waals surface area (Å²) >= 11 is 6.16. The van der Waals surface area contributed by atoms with Crippen LogP contribution in [0.3, 0.4) is 0 Å². The molecule has 0 radical (unpaired) electrons. The van der Waals surface area contributed by atoms with E-state index in [-0.39, 0.29) is 5.91 Å². The number of carbonyl (C=O) groups excluding carboxylic acids is 1. The normalized spacial score (nSPS) is 12.0. The topological polar surface area (TPSA) is 33.5 Å². The molecule has 4 heteroatoms. The third kappa shape index (κ3) is 4.33. The number of likely N-dealkylation sites (N-methyl/N-ethyl adjacent to an activating group) is 1. The molecule has 1 atom stereocenters. The highest BCUT2D eigenvalue weighted by Crippen LogP contribution is 2.17. The van der Waals surface area contributed by atoms with Crippen molar-refractivity contribution in [1.29, 1.82) is 0 Å². The number of rotatable bonds is 5. The summed E-state index contributed by atoms with van der Waals surface area (Å²) in [4.78, 5) is 13.3. The highest BCUT2D eigenvalue weighted by Gasteiger charge is 2.13. The summed E-state index contributed by atoms with van der Waals surface area (Å²) < 4.78 is 0. The average molecular weight is 318 g/mol. The third-order valence-electron chi connectivity index (χ3n) is 3.79. The summed E-state index contributed by atoms with van der Waals surface area (Å²) in [5, 5.41) is 3.74. The van der Waals surface area contributed by atoms with Gasteiger partial charge in [-0.2, -0.15) is 0 Å². The number of nitrogens with one attached hydrogen (secondary N) is 2. The molecule has 0 saturated carbocycles. The van der Waals surface area contributed by atoms with Crippen molar-refractivity contribution in [2.24, 2.45) is 0 Å². The van der Waals surface area contributed by atoms with Crippen molar-refractivity contribution in [3.63, 3.8) is 0 Å². The third-order valence-corrected chi connectivity index (χ3v) is 4.16. The molecule has 0 aliphatic carbocycles. The minimum atomic E-state index is 0.0123. The van der Waals surface area contributed by atoms with Crippen LogP contribution in [0.2, 0.25) is 5.02 Å². The van der Waals surface area contributed by atoms with Crippen LogP contribution in [0.4, 0.5) is 5.69 Å². The van der Waals surface area contributed by atoms with Crippen LogP contribution >= 0.6 is 11.6 Å². The molecule has 2 aromatic carbocycles. The molecule has 0 aromatic heterocycles. The van der Waals surface area contributed by atoms with E-state index in [1.54, 1.807) is 0 Å². The number of quaternary nitrogens is 1. The maximum Gasteiger partial charge on any atom is 0.279 e.